The van der Waals surface area contributed by atoms with E-state index in [1.54, 1.807) is 17.8 Å². The quantitative estimate of drug-likeness (QED) is 0.831. The van der Waals surface area contributed by atoms with Gasteiger partial charge in [0, 0.05) is 16.7 Å². The molecule has 2 N–H and O–H groups in total. The van der Waals surface area contributed by atoms with E-state index >= 15 is 0 Å². The van der Waals surface area contributed by atoms with Gasteiger partial charge in [0.2, 0.25) is 5.91 Å². The lowest BCUT2D eigenvalue weighted by Gasteiger charge is -2.27. The molecule has 2 heterocycles. The molecule has 4 unspecified atom stereocenters. The van der Waals surface area contributed by atoms with Gasteiger partial charge in [-0.1, -0.05) is 12.8 Å². The van der Waals surface area contributed by atoms with Crippen LogP contribution in [0.15, 0.2) is 23.1 Å². The molecule has 2 fully saturated rings. The summed E-state index contributed by atoms with van der Waals surface area (Å²) in [6.45, 7) is 0. The van der Waals surface area contributed by atoms with Gasteiger partial charge in [0.05, 0.1) is 12.1 Å². The molecular weight excluding hydrogens is 347 g/mol. The first kappa shape index (κ1) is 18.0. The molecule has 6 heteroatoms. The van der Waals surface area contributed by atoms with Crippen molar-refractivity contribution in [3.05, 3.63) is 29.6 Å². The van der Waals surface area contributed by atoms with Crippen LogP contribution < -0.4 is 10.6 Å². The topological polar surface area (TPSA) is 41.1 Å². The van der Waals surface area contributed by atoms with E-state index in [1.807, 2.05) is 6.07 Å². The monoisotopic (exact) mass is 370 g/mol. The zero-order valence-corrected chi connectivity index (χ0v) is 15.2. The first-order valence-corrected chi connectivity index (χ1v) is 9.68. The number of carbonyl (C=O) groups is 1. The van der Waals surface area contributed by atoms with Crippen molar-refractivity contribution < 1.29 is 9.18 Å². The second-order valence-electron chi connectivity index (χ2n) is 6.99. The summed E-state index contributed by atoms with van der Waals surface area (Å²) in [5.41, 5.74) is 0.935. The SMILES string of the molecule is Cl.O=C(NC1CCSc2ccc(F)cc21)C1CC2CCCCC2N1. The van der Waals surface area contributed by atoms with Crippen LogP contribution >= 0.6 is 24.2 Å². The molecule has 0 aromatic heterocycles. The summed E-state index contributed by atoms with van der Waals surface area (Å²) in [7, 11) is 0. The van der Waals surface area contributed by atoms with Gasteiger partial charge in [0.1, 0.15) is 5.82 Å². The molecule has 3 nitrogen and oxygen atoms in total. The Kier molecular flexibility index (Phi) is 5.73. The highest BCUT2D eigenvalue weighted by atomic mass is 35.5. The summed E-state index contributed by atoms with van der Waals surface area (Å²) in [5.74, 6) is 1.49. The van der Waals surface area contributed by atoms with Crippen LogP contribution in [-0.2, 0) is 4.79 Å². The first-order chi connectivity index (χ1) is 11.2. The van der Waals surface area contributed by atoms with Gasteiger partial charge >= 0.3 is 0 Å². The lowest BCUT2D eigenvalue weighted by molar-refractivity contribution is -0.123. The van der Waals surface area contributed by atoms with Gasteiger partial charge in [-0.3, -0.25) is 4.79 Å². The highest BCUT2D eigenvalue weighted by Crippen LogP contribution is 2.37. The number of halogens is 2. The molecule has 4 atom stereocenters. The van der Waals surface area contributed by atoms with E-state index in [0.29, 0.717) is 12.0 Å². The molecule has 4 rings (SSSR count). The maximum absolute atomic E-state index is 13.6. The van der Waals surface area contributed by atoms with Crippen molar-refractivity contribution in [2.75, 3.05) is 5.75 Å². The number of amides is 1. The van der Waals surface area contributed by atoms with Crippen molar-refractivity contribution in [2.45, 2.75) is 61.5 Å². The van der Waals surface area contributed by atoms with Gasteiger partial charge in [-0.05, 0) is 55.4 Å². The molecule has 2 aliphatic heterocycles. The van der Waals surface area contributed by atoms with E-state index in [1.165, 1.54) is 31.7 Å². The minimum Gasteiger partial charge on any atom is -0.348 e. The van der Waals surface area contributed by atoms with Crippen LogP contribution in [0.2, 0.25) is 0 Å². The fourth-order valence-electron chi connectivity index (χ4n) is 4.31. The maximum atomic E-state index is 13.6. The molecule has 24 heavy (non-hydrogen) atoms. The van der Waals surface area contributed by atoms with Crippen molar-refractivity contribution in [3.8, 4) is 0 Å². The average molecular weight is 371 g/mol. The number of benzene rings is 1. The molecule has 1 aromatic rings. The van der Waals surface area contributed by atoms with Crippen molar-refractivity contribution in [1.82, 2.24) is 10.6 Å². The summed E-state index contributed by atoms with van der Waals surface area (Å²) in [6.07, 6.45) is 6.83. The van der Waals surface area contributed by atoms with Crippen LogP contribution in [0.25, 0.3) is 0 Å². The molecule has 1 saturated heterocycles. The van der Waals surface area contributed by atoms with Crippen LogP contribution in [0.3, 0.4) is 0 Å². The summed E-state index contributed by atoms with van der Waals surface area (Å²) < 4.78 is 13.6. The molecule has 1 aromatic carbocycles. The van der Waals surface area contributed by atoms with Gasteiger partial charge in [-0.15, -0.1) is 24.2 Å². The Morgan fingerprint density at radius 1 is 1.25 bits per heavy atom. The highest BCUT2D eigenvalue weighted by Gasteiger charge is 2.39. The second-order valence-corrected chi connectivity index (χ2v) is 8.12. The maximum Gasteiger partial charge on any atom is 0.237 e. The largest absolute Gasteiger partial charge is 0.348 e. The summed E-state index contributed by atoms with van der Waals surface area (Å²) >= 11 is 1.74. The van der Waals surface area contributed by atoms with E-state index in [2.05, 4.69) is 10.6 Å². The number of nitrogens with one attached hydrogen (secondary N) is 2. The molecule has 0 radical (unpaired) electrons. The molecular formula is C18H24ClFN2OS. The predicted molar refractivity (Wildman–Crippen MR) is 97.2 cm³/mol. The van der Waals surface area contributed by atoms with Gasteiger partial charge in [0.15, 0.2) is 0 Å². The first-order valence-electron chi connectivity index (χ1n) is 8.69. The predicted octanol–water partition coefficient (Wildman–Crippen LogP) is 3.82. The number of rotatable bonds is 2. The second kappa shape index (κ2) is 7.63. The van der Waals surface area contributed by atoms with Crippen molar-refractivity contribution in [3.63, 3.8) is 0 Å². The van der Waals surface area contributed by atoms with Crippen molar-refractivity contribution >= 4 is 30.1 Å². The minimum absolute atomic E-state index is 0. The fourth-order valence-corrected chi connectivity index (χ4v) is 5.41. The molecule has 1 amide bonds. The van der Waals surface area contributed by atoms with Gasteiger partial charge in [0.25, 0.3) is 0 Å². The number of hydrogen-bond donors (Lipinski definition) is 2. The van der Waals surface area contributed by atoms with E-state index in [-0.39, 0.29) is 36.2 Å². The van der Waals surface area contributed by atoms with Gasteiger partial charge in [-0.2, -0.15) is 0 Å². The molecule has 3 aliphatic rings. The smallest absolute Gasteiger partial charge is 0.237 e. The Balaban J connectivity index is 0.00000169. The Hall–Kier alpha value is -0.780. The normalized spacial score (nSPS) is 31.5. The summed E-state index contributed by atoms with van der Waals surface area (Å²) in [4.78, 5) is 13.8. The lowest BCUT2D eigenvalue weighted by Crippen LogP contribution is -2.44. The third-order valence-electron chi connectivity index (χ3n) is 5.51. The molecule has 1 saturated carbocycles. The van der Waals surface area contributed by atoms with Gasteiger partial charge < -0.3 is 10.6 Å². The number of carbonyl (C=O) groups excluding carboxylic acids is 1. The molecule has 132 valence electrons. The fraction of sp³-hybridized carbons (Fsp3) is 0.611. The van der Waals surface area contributed by atoms with E-state index in [4.69, 9.17) is 0 Å². The minimum atomic E-state index is -0.226. The molecule has 1 aliphatic carbocycles. The number of fused-ring (bicyclic) bond motifs is 2. The molecule has 0 spiro atoms. The molecule has 0 bridgehead atoms. The summed E-state index contributed by atoms with van der Waals surface area (Å²) in [6, 6.07) is 5.29. The highest BCUT2D eigenvalue weighted by molar-refractivity contribution is 7.99. The Bertz CT molecular complexity index is 601. The Morgan fingerprint density at radius 2 is 2.08 bits per heavy atom. The van der Waals surface area contributed by atoms with Gasteiger partial charge in [-0.25, -0.2) is 4.39 Å². The third kappa shape index (κ3) is 3.58. The van der Waals surface area contributed by atoms with Crippen LogP contribution in [0.4, 0.5) is 4.39 Å². The van der Waals surface area contributed by atoms with Crippen LogP contribution in [0, 0.1) is 11.7 Å². The number of thioether (sulfide) groups is 1. The standard InChI is InChI=1S/C18H23FN2OS.ClH/c19-12-5-6-17-13(10-12)15(7-8-23-17)21-18(22)16-9-11-3-1-2-4-14(11)20-16;/h5-6,10-11,14-16,20H,1-4,7-9H2,(H,21,22);1H. The van der Waals surface area contributed by atoms with E-state index < -0.39 is 0 Å². The lowest BCUT2D eigenvalue weighted by atomic mass is 9.85. The Labute approximate surface area is 152 Å². The van der Waals surface area contributed by atoms with Crippen molar-refractivity contribution in [2.24, 2.45) is 5.92 Å². The van der Waals surface area contributed by atoms with E-state index in [0.717, 1.165) is 29.1 Å². The van der Waals surface area contributed by atoms with E-state index in [9.17, 15) is 9.18 Å². The zero-order valence-electron chi connectivity index (χ0n) is 13.6. The number of hydrogen-bond acceptors (Lipinski definition) is 3. The van der Waals surface area contributed by atoms with Crippen LogP contribution in [-0.4, -0.2) is 23.7 Å². The third-order valence-corrected chi connectivity index (χ3v) is 6.63. The average Bonchev–Trinajstić information content (AvgIpc) is 2.99. The summed E-state index contributed by atoms with van der Waals surface area (Å²) in [5, 5.41) is 6.70. The van der Waals surface area contributed by atoms with Crippen LogP contribution in [0.1, 0.15) is 50.1 Å². The van der Waals surface area contributed by atoms with Crippen molar-refractivity contribution in [1.29, 1.82) is 0 Å². The zero-order chi connectivity index (χ0) is 15.8. The Morgan fingerprint density at radius 3 is 2.92 bits per heavy atom. The van der Waals surface area contributed by atoms with Crippen LogP contribution in [0.5, 0.6) is 0 Å².